The molecule has 0 aliphatic carbocycles. The molecule has 104 valence electrons. The lowest BCUT2D eigenvalue weighted by atomic mass is 10.1. The van der Waals surface area contributed by atoms with E-state index in [4.69, 9.17) is 5.73 Å². The van der Waals surface area contributed by atoms with Gasteiger partial charge in [0.2, 0.25) is 0 Å². The van der Waals surface area contributed by atoms with Crippen LogP contribution in [0.2, 0.25) is 0 Å². The van der Waals surface area contributed by atoms with E-state index in [1.54, 1.807) is 0 Å². The van der Waals surface area contributed by atoms with Crippen molar-refractivity contribution in [2.75, 3.05) is 13.1 Å². The number of hydrogen-bond donors (Lipinski definition) is 3. The molecule has 2 rings (SSSR count). The van der Waals surface area contributed by atoms with Gasteiger partial charge in [-0.3, -0.25) is 4.99 Å². The molecule has 0 radical (unpaired) electrons. The Labute approximate surface area is 130 Å². The highest BCUT2D eigenvalue weighted by molar-refractivity contribution is 14.0. The number of aromatic nitrogens is 1. The highest BCUT2D eigenvalue weighted by Gasteiger charge is 2.03. The minimum atomic E-state index is 0. The molecule has 0 amide bonds. The average molecular weight is 372 g/mol. The summed E-state index contributed by atoms with van der Waals surface area (Å²) in [7, 11) is 0. The van der Waals surface area contributed by atoms with E-state index < -0.39 is 0 Å². The zero-order valence-electron chi connectivity index (χ0n) is 11.4. The Kier molecular flexibility index (Phi) is 6.14. The van der Waals surface area contributed by atoms with Crippen LogP contribution in [0.3, 0.4) is 0 Å². The molecule has 1 aromatic carbocycles. The second kappa shape index (κ2) is 7.37. The molecular weight excluding hydrogens is 351 g/mol. The Morgan fingerprint density at radius 2 is 2.21 bits per heavy atom. The summed E-state index contributed by atoms with van der Waals surface area (Å²) in [6.07, 6.45) is 2.96. The molecular formula is C14H21IN4. The molecule has 1 heterocycles. The fraction of sp³-hybridized carbons (Fsp3) is 0.357. The van der Waals surface area contributed by atoms with Crippen molar-refractivity contribution >= 4 is 40.8 Å². The van der Waals surface area contributed by atoms with Crippen LogP contribution in [-0.2, 0) is 6.42 Å². The molecule has 0 atom stereocenters. The lowest BCUT2D eigenvalue weighted by molar-refractivity contribution is 0.908. The van der Waals surface area contributed by atoms with Gasteiger partial charge in [0.15, 0.2) is 5.96 Å². The lowest BCUT2D eigenvalue weighted by Gasteiger charge is -2.01. The second-order valence-corrected chi connectivity index (χ2v) is 4.41. The predicted octanol–water partition coefficient (Wildman–Crippen LogP) is 2.56. The van der Waals surface area contributed by atoms with E-state index in [0.29, 0.717) is 12.5 Å². The number of benzene rings is 1. The summed E-state index contributed by atoms with van der Waals surface area (Å²) in [6.45, 7) is 5.62. The SMILES string of the molecule is CCNC(N)=NCCc1c[nH]c2cc(C)ccc12.I. The normalized spacial score (nSPS) is 11.4. The summed E-state index contributed by atoms with van der Waals surface area (Å²) in [5.41, 5.74) is 9.43. The Morgan fingerprint density at radius 1 is 1.42 bits per heavy atom. The van der Waals surface area contributed by atoms with Crippen molar-refractivity contribution in [3.63, 3.8) is 0 Å². The van der Waals surface area contributed by atoms with Crippen LogP contribution in [-0.4, -0.2) is 24.0 Å². The molecule has 0 spiro atoms. The maximum absolute atomic E-state index is 5.69. The highest BCUT2D eigenvalue weighted by atomic mass is 127. The third-order valence-corrected chi connectivity index (χ3v) is 2.94. The molecule has 0 bridgehead atoms. The third kappa shape index (κ3) is 4.12. The Bertz CT molecular complexity index is 560. The summed E-state index contributed by atoms with van der Waals surface area (Å²) >= 11 is 0. The fourth-order valence-corrected chi connectivity index (χ4v) is 2.04. The smallest absolute Gasteiger partial charge is 0.188 e. The monoisotopic (exact) mass is 372 g/mol. The quantitative estimate of drug-likeness (QED) is 0.439. The summed E-state index contributed by atoms with van der Waals surface area (Å²) in [5, 5.41) is 4.27. The van der Waals surface area contributed by atoms with Gasteiger partial charge in [0.25, 0.3) is 0 Å². The molecule has 0 aliphatic rings. The van der Waals surface area contributed by atoms with E-state index in [1.165, 1.54) is 22.0 Å². The first-order valence-electron chi connectivity index (χ1n) is 6.31. The first-order valence-corrected chi connectivity index (χ1v) is 6.31. The van der Waals surface area contributed by atoms with Gasteiger partial charge >= 0.3 is 0 Å². The first kappa shape index (κ1) is 15.8. The molecule has 4 nitrogen and oxygen atoms in total. The Morgan fingerprint density at radius 3 is 2.95 bits per heavy atom. The summed E-state index contributed by atoms with van der Waals surface area (Å²) < 4.78 is 0. The van der Waals surface area contributed by atoms with E-state index in [-0.39, 0.29) is 24.0 Å². The molecule has 0 saturated heterocycles. The van der Waals surface area contributed by atoms with Gasteiger partial charge < -0.3 is 16.0 Å². The zero-order chi connectivity index (χ0) is 13.0. The molecule has 0 saturated carbocycles. The number of nitrogens with one attached hydrogen (secondary N) is 2. The standard InChI is InChI=1S/C14H20N4.HI/c1-3-16-14(15)17-7-6-11-9-18-13-8-10(2)4-5-12(11)13;/h4-5,8-9,18H,3,6-7H2,1-2H3,(H3,15,16,17);1H. The number of H-pyrrole nitrogens is 1. The highest BCUT2D eigenvalue weighted by Crippen LogP contribution is 2.19. The third-order valence-electron chi connectivity index (χ3n) is 2.94. The van der Waals surface area contributed by atoms with Crippen LogP contribution in [0.25, 0.3) is 10.9 Å². The van der Waals surface area contributed by atoms with Gasteiger partial charge in [-0.2, -0.15) is 0 Å². The number of halogens is 1. The van der Waals surface area contributed by atoms with E-state index in [0.717, 1.165) is 13.0 Å². The number of rotatable bonds is 4. The van der Waals surface area contributed by atoms with Gasteiger partial charge in [0.1, 0.15) is 0 Å². The van der Waals surface area contributed by atoms with Crippen molar-refractivity contribution in [1.29, 1.82) is 0 Å². The van der Waals surface area contributed by atoms with Gasteiger partial charge in [-0.05, 0) is 37.5 Å². The molecule has 19 heavy (non-hydrogen) atoms. The molecule has 1 aromatic heterocycles. The Hall–Kier alpha value is -1.24. The number of aromatic amines is 1. The summed E-state index contributed by atoms with van der Waals surface area (Å²) in [6, 6.07) is 6.46. The molecule has 0 fully saturated rings. The number of hydrogen-bond acceptors (Lipinski definition) is 1. The molecule has 0 aliphatic heterocycles. The van der Waals surface area contributed by atoms with Crippen molar-refractivity contribution in [3.05, 3.63) is 35.5 Å². The summed E-state index contributed by atoms with van der Waals surface area (Å²) in [4.78, 5) is 7.58. The first-order chi connectivity index (χ1) is 8.70. The van der Waals surface area contributed by atoms with E-state index >= 15 is 0 Å². The average Bonchev–Trinajstić information content (AvgIpc) is 2.72. The topological polar surface area (TPSA) is 66.2 Å². The number of aryl methyl sites for hydroxylation is 1. The number of fused-ring (bicyclic) bond motifs is 1. The minimum absolute atomic E-state index is 0. The minimum Gasteiger partial charge on any atom is -0.370 e. The number of nitrogens with zero attached hydrogens (tertiary/aromatic N) is 1. The zero-order valence-corrected chi connectivity index (χ0v) is 13.7. The van der Waals surface area contributed by atoms with Crippen molar-refractivity contribution in [2.24, 2.45) is 10.7 Å². The van der Waals surface area contributed by atoms with Crippen LogP contribution in [0, 0.1) is 6.92 Å². The largest absolute Gasteiger partial charge is 0.370 e. The molecule has 5 heteroatoms. The van der Waals surface area contributed by atoms with E-state index in [1.807, 2.05) is 6.92 Å². The maximum Gasteiger partial charge on any atom is 0.188 e. The van der Waals surface area contributed by atoms with Crippen molar-refractivity contribution < 1.29 is 0 Å². The van der Waals surface area contributed by atoms with Gasteiger partial charge in [-0.1, -0.05) is 12.1 Å². The molecule has 0 unspecified atom stereocenters. The van der Waals surface area contributed by atoms with Crippen LogP contribution < -0.4 is 11.1 Å². The van der Waals surface area contributed by atoms with E-state index in [9.17, 15) is 0 Å². The number of nitrogens with two attached hydrogens (primary N) is 1. The number of aliphatic imine (C=N–C) groups is 1. The van der Waals surface area contributed by atoms with Crippen molar-refractivity contribution in [2.45, 2.75) is 20.3 Å². The lowest BCUT2D eigenvalue weighted by Crippen LogP contribution is -2.31. The van der Waals surface area contributed by atoms with E-state index in [2.05, 4.69) is 46.6 Å². The van der Waals surface area contributed by atoms with Crippen LogP contribution >= 0.6 is 24.0 Å². The molecule has 4 N–H and O–H groups in total. The van der Waals surface area contributed by atoms with Gasteiger partial charge in [-0.25, -0.2) is 0 Å². The second-order valence-electron chi connectivity index (χ2n) is 4.41. The predicted molar refractivity (Wildman–Crippen MR) is 92.3 cm³/mol. The fourth-order valence-electron chi connectivity index (χ4n) is 2.04. The number of guanidine groups is 1. The van der Waals surface area contributed by atoms with Crippen molar-refractivity contribution in [3.8, 4) is 0 Å². The van der Waals surface area contributed by atoms with Crippen LogP contribution in [0.1, 0.15) is 18.1 Å². The van der Waals surface area contributed by atoms with Gasteiger partial charge in [0, 0.05) is 30.2 Å². The van der Waals surface area contributed by atoms with Crippen LogP contribution in [0.5, 0.6) is 0 Å². The Balaban J connectivity index is 0.00000180. The van der Waals surface area contributed by atoms with Gasteiger partial charge in [0.05, 0.1) is 0 Å². The van der Waals surface area contributed by atoms with Crippen molar-refractivity contribution in [1.82, 2.24) is 10.3 Å². The van der Waals surface area contributed by atoms with Crippen LogP contribution in [0.15, 0.2) is 29.4 Å². The van der Waals surface area contributed by atoms with Crippen LogP contribution in [0.4, 0.5) is 0 Å². The molecule has 2 aromatic rings. The summed E-state index contributed by atoms with van der Waals surface area (Å²) in [5.74, 6) is 0.521. The maximum atomic E-state index is 5.69. The van der Waals surface area contributed by atoms with Gasteiger partial charge in [-0.15, -0.1) is 24.0 Å².